The Labute approximate surface area is 102 Å². The van der Waals surface area contributed by atoms with Gasteiger partial charge in [0, 0.05) is 4.47 Å². The molecule has 0 aliphatic rings. The Morgan fingerprint density at radius 1 is 1.62 bits per heavy atom. The smallest absolute Gasteiger partial charge is 0.309 e. The SMILES string of the molecule is COC(=O)Cc1cc(C#N)cc(Br)c1CO. The number of esters is 1. The van der Waals surface area contributed by atoms with Gasteiger partial charge in [0.2, 0.25) is 0 Å². The molecule has 1 aromatic carbocycles. The summed E-state index contributed by atoms with van der Waals surface area (Å²) in [7, 11) is 1.30. The Kier molecular flexibility index (Phi) is 4.47. The summed E-state index contributed by atoms with van der Waals surface area (Å²) in [5, 5.41) is 18.0. The average molecular weight is 284 g/mol. The van der Waals surface area contributed by atoms with E-state index in [1.807, 2.05) is 6.07 Å². The summed E-state index contributed by atoms with van der Waals surface area (Å²) in [5.74, 6) is -0.406. The minimum absolute atomic E-state index is 0.0422. The minimum Gasteiger partial charge on any atom is -0.469 e. The molecular weight excluding hydrogens is 274 g/mol. The fraction of sp³-hybridized carbons (Fsp3) is 0.273. The van der Waals surface area contributed by atoms with E-state index in [0.29, 0.717) is 21.2 Å². The largest absolute Gasteiger partial charge is 0.469 e. The lowest BCUT2D eigenvalue weighted by Crippen LogP contribution is -2.08. The molecule has 4 nitrogen and oxygen atoms in total. The molecule has 1 rings (SSSR count). The highest BCUT2D eigenvalue weighted by Gasteiger charge is 2.12. The molecule has 0 spiro atoms. The standard InChI is InChI=1S/C11H10BrNO3/c1-16-11(15)4-8-2-7(5-13)3-10(12)9(8)6-14/h2-3,14H,4,6H2,1H3. The molecule has 5 heteroatoms. The molecule has 0 radical (unpaired) electrons. The normalized spacial score (nSPS) is 9.62. The van der Waals surface area contributed by atoms with Crippen molar-refractivity contribution in [2.75, 3.05) is 7.11 Å². The maximum atomic E-state index is 11.2. The molecular formula is C11H10BrNO3. The van der Waals surface area contributed by atoms with Crippen molar-refractivity contribution in [3.8, 4) is 6.07 Å². The van der Waals surface area contributed by atoms with Crippen molar-refractivity contribution in [1.82, 2.24) is 0 Å². The highest BCUT2D eigenvalue weighted by molar-refractivity contribution is 9.10. The van der Waals surface area contributed by atoms with Gasteiger partial charge in [-0.25, -0.2) is 0 Å². The molecule has 0 aliphatic heterocycles. The summed E-state index contributed by atoms with van der Waals surface area (Å²) >= 11 is 3.25. The van der Waals surface area contributed by atoms with E-state index in [4.69, 9.17) is 5.26 Å². The number of ether oxygens (including phenoxy) is 1. The molecule has 0 amide bonds. The second-order valence-electron chi connectivity index (χ2n) is 3.12. The third-order valence-corrected chi connectivity index (χ3v) is 2.85. The first-order valence-corrected chi connectivity index (χ1v) is 5.30. The second kappa shape index (κ2) is 5.64. The lowest BCUT2D eigenvalue weighted by molar-refractivity contribution is -0.139. The van der Waals surface area contributed by atoms with E-state index in [1.165, 1.54) is 7.11 Å². The summed E-state index contributed by atoms with van der Waals surface area (Å²) in [6.45, 7) is -0.196. The Hall–Kier alpha value is -1.38. The maximum absolute atomic E-state index is 11.2. The molecule has 16 heavy (non-hydrogen) atoms. The van der Waals surface area contributed by atoms with E-state index in [0.717, 1.165) is 0 Å². The number of halogens is 1. The molecule has 0 bridgehead atoms. The maximum Gasteiger partial charge on any atom is 0.309 e. The van der Waals surface area contributed by atoms with Crippen LogP contribution in [0.3, 0.4) is 0 Å². The third-order valence-electron chi connectivity index (χ3n) is 2.14. The Morgan fingerprint density at radius 2 is 2.31 bits per heavy atom. The number of benzene rings is 1. The highest BCUT2D eigenvalue weighted by Crippen LogP contribution is 2.23. The van der Waals surface area contributed by atoms with Crippen LogP contribution in [0, 0.1) is 11.3 Å². The molecule has 0 heterocycles. The van der Waals surface area contributed by atoms with Crippen molar-refractivity contribution >= 4 is 21.9 Å². The van der Waals surface area contributed by atoms with Gasteiger partial charge < -0.3 is 9.84 Å². The van der Waals surface area contributed by atoms with Gasteiger partial charge in [-0.2, -0.15) is 5.26 Å². The molecule has 0 aliphatic carbocycles. The number of hydrogen-bond donors (Lipinski definition) is 1. The molecule has 0 saturated carbocycles. The minimum atomic E-state index is -0.406. The van der Waals surface area contributed by atoms with E-state index < -0.39 is 5.97 Å². The fourth-order valence-corrected chi connectivity index (χ4v) is 1.95. The first-order chi connectivity index (χ1) is 7.62. The van der Waals surface area contributed by atoms with Gasteiger partial charge in [-0.3, -0.25) is 4.79 Å². The lowest BCUT2D eigenvalue weighted by Gasteiger charge is -2.09. The van der Waals surface area contributed by atoms with Crippen molar-refractivity contribution in [3.05, 3.63) is 33.3 Å². The fourth-order valence-electron chi connectivity index (χ4n) is 1.32. The summed E-state index contributed by atoms with van der Waals surface area (Å²) in [5.41, 5.74) is 1.63. The number of nitriles is 1. The molecule has 0 atom stereocenters. The van der Waals surface area contributed by atoms with Gasteiger partial charge in [0.25, 0.3) is 0 Å². The Balaban J connectivity index is 3.19. The predicted molar refractivity (Wildman–Crippen MR) is 60.5 cm³/mol. The molecule has 0 aromatic heterocycles. The van der Waals surface area contributed by atoms with Crippen LogP contribution >= 0.6 is 15.9 Å². The second-order valence-corrected chi connectivity index (χ2v) is 3.97. The molecule has 0 fully saturated rings. The van der Waals surface area contributed by atoms with Crippen LogP contribution in [0.2, 0.25) is 0 Å². The first-order valence-electron chi connectivity index (χ1n) is 4.51. The van der Waals surface area contributed by atoms with E-state index in [-0.39, 0.29) is 13.0 Å². The van der Waals surface area contributed by atoms with Crippen LogP contribution in [0.1, 0.15) is 16.7 Å². The number of rotatable bonds is 3. The summed E-state index contributed by atoms with van der Waals surface area (Å²) in [6, 6.07) is 5.17. The predicted octanol–water partition coefficient (Wildman–Crippen LogP) is 1.53. The van der Waals surface area contributed by atoms with Crippen LogP contribution < -0.4 is 0 Å². The van der Waals surface area contributed by atoms with Gasteiger partial charge in [0.15, 0.2) is 0 Å². The zero-order valence-corrected chi connectivity index (χ0v) is 10.2. The van der Waals surface area contributed by atoms with Crippen LogP contribution in [-0.2, 0) is 22.6 Å². The summed E-state index contributed by atoms with van der Waals surface area (Å²) in [4.78, 5) is 11.2. The van der Waals surface area contributed by atoms with E-state index in [2.05, 4.69) is 20.7 Å². The van der Waals surface area contributed by atoms with Crippen LogP contribution in [-0.4, -0.2) is 18.2 Å². The number of hydrogen-bond acceptors (Lipinski definition) is 4. The number of carbonyl (C=O) groups is 1. The Morgan fingerprint density at radius 3 is 2.81 bits per heavy atom. The quantitative estimate of drug-likeness (QED) is 0.854. The van der Waals surface area contributed by atoms with Crippen LogP contribution in [0.5, 0.6) is 0 Å². The van der Waals surface area contributed by atoms with E-state index in [1.54, 1.807) is 12.1 Å². The molecule has 1 N–H and O–H groups in total. The molecule has 0 unspecified atom stereocenters. The first kappa shape index (κ1) is 12.7. The Bertz CT molecular complexity index is 451. The molecule has 0 saturated heterocycles. The van der Waals surface area contributed by atoms with E-state index in [9.17, 15) is 9.90 Å². The van der Waals surface area contributed by atoms with Crippen LogP contribution in [0.25, 0.3) is 0 Å². The molecule has 1 aromatic rings. The van der Waals surface area contributed by atoms with Gasteiger partial charge in [-0.05, 0) is 23.3 Å². The van der Waals surface area contributed by atoms with Crippen molar-refractivity contribution in [3.63, 3.8) is 0 Å². The number of carbonyl (C=O) groups excluding carboxylic acids is 1. The van der Waals surface area contributed by atoms with Crippen molar-refractivity contribution in [2.24, 2.45) is 0 Å². The van der Waals surface area contributed by atoms with Crippen molar-refractivity contribution < 1.29 is 14.6 Å². The van der Waals surface area contributed by atoms with Gasteiger partial charge in [0.05, 0.1) is 31.8 Å². The van der Waals surface area contributed by atoms with Gasteiger partial charge >= 0.3 is 5.97 Å². The monoisotopic (exact) mass is 283 g/mol. The number of nitrogens with zero attached hydrogens (tertiary/aromatic N) is 1. The molecule has 84 valence electrons. The third kappa shape index (κ3) is 2.81. The van der Waals surface area contributed by atoms with Gasteiger partial charge in [-0.1, -0.05) is 15.9 Å². The number of methoxy groups -OCH3 is 1. The topological polar surface area (TPSA) is 70.3 Å². The summed E-state index contributed by atoms with van der Waals surface area (Å²) < 4.78 is 5.17. The zero-order chi connectivity index (χ0) is 12.1. The lowest BCUT2D eigenvalue weighted by atomic mass is 10.0. The highest BCUT2D eigenvalue weighted by atomic mass is 79.9. The van der Waals surface area contributed by atoms with Gasteiger partial charge in [0.1, 0.15) is 0 Å². The zero-order valence-electron chi connectivity index (χ0n) is 8.66. The van der Waals surface area contributed by atoms with Crippen LogP contribution in [0.4, 0.5) is 0 Å². The number of aliphatic hydroxyl groups is 1. The van der Waals surface area contributed by atoms with Crippen molar-refractivity contribution in [1.29, 1.82) is 5.26 Å². The average Bonchev–Trinajstić information content (AvgIpc) is 2.28. The summed E-state index contributed by atoms with van der Waals surface area (Å²) in [6.07, 6.45) is 0.0422. The van der Waals surface area contributed by atoms with Gasteiger partial charge in [-0.15, -0.1) is 0 Å². The van der Waals surface area contributed by atoms with E-state index >= 15 is 0 Å². The van der Waals surface area contributed by atoms with Crippen molar-refractivity contribution in [2.45, 2.75) is 13.0 Å². The number of aliphatic hydroxyl groups excluding tert-OH is 1. The van der Waals surface area contributed by atoms with Crippen LogP contribution in [0.15, 0.2) is 16.6 Å².